The van der Waals surface area contributed by atoms with Crippen LogP contribution < -0.4 is 15.4 Å². The van der Waals surface area contributed by atoms with E-state index in [0.29, 0.717) is 10.8 Å². The van der Waals surface area contributed by atoms with Gasteiger partial charge in [0.25, 0.3) is 5.91 Å². The van der Waals surface area contributed by atoms with Gasteiger partial charge in [0.1, 0.15) is 17.2 Å². The summed E-state index contributed by atoms with van der Waals surface area (Å²) in [6.45, 7) is 4.85. The Bertz CT molecular complexity index is 819. The predicted molar refractivity (Wildman–Crippen MR) is 102 cm³/mol. The average Bonchev–Trinajstić information content (AvgIpc) is 2.55. The van der Waals surface area contributed by atoms with Gasteiger partial charge in [-0.3, -0.25) is 10.1 Å². The molecule has 6 nitrogen and oxygen atoms in total. The predicted octanol–water partition coefficient (Wildman–Crippen LogP) is 4.84. The van der Waals surface area contributed by atoms with Crippen LogP contribution in [-0.2, 0) is 9.53 Å². The molecule has 2 N–H and O–H groups in total. The number of anilines is 2. The summed E-state index contributed by atoms with van der Waals surface area (Å²) in [4.78, 5) is 24.0. The second kappa shape index (κ2) is 8.73. The topological polar surface area (TPSA) is 76.7 Å². The van der Waals surface area contributed by atoms with Crippen molar-refractivity contribution in [1.29, 1.82) is 0 Å². The molecule has 2 aromatic carbocycles. The van der Waals surface area contributed by atoms with Crippen molar-refractivity contribution in [1.82, 2.24) is 0 Å². The molecular formula is C19H20ClFN2O4. The standard InChI is InChI=1S/C19H20ClFN2O4/c1-19(2,3)27-18(25)23-15-9-6-13(21)10-16(15)22-17(24)11-26-14-7-4-12(20)5-8-14/h4-10H,11H2,1-3H3,(H,22,24)(H,23,25). The summed E-state index contributed by atoms with van der Waals surface area (Å²) in [6, 6.07) is 10.1. The zero-order chi connectivity index (χ0) is 20.0. The normalized spacial score (nSPS) is 10.9. The van der Waals surface area contributed by atoms with Crippen LogP contribution in [0, 0.1) is 5.82 Å². The number of hydrogen-bond donors (Lipinski definition) is 2. The average molecular weight is 395 g/mol. The highest BCUT2D eigenvalue weighted by Crippen LogP contribution is 2.24. The van der Waals surface area contributed by atoms with Gasteiger partial charge in [-0.1, -0.05) is 11.6 Å². The summed E-state index contributed by atoms with van der Waals surface area (Å²) in [7, 11) is 0. The molecule has 8 heteroatoms. The second-order valence-corrected chi connectivity index (χ2v) is 7.04. The highest BCUT2D eigenvalue weighted by atomic mass is 35.5. The summed E-state index contributed by atoms with van der Waals surface area (Å²) in [5, 5.41) is 5.53. The maximum Gasteiger partial charge on any atom is 0.412 e. The Morgan fingerprint density at radius 3 is 2.33 bits per heavy atom. The van der Waals surface area contributed by atoms with E-state index in [4.69, 9.17) is 21.1 Å². The van der Waals surface area contributed by atoms with Gasteiger partial charge in [-0.05, 0) is 63.2 Å². The van der Waals surface area contributed by atoms with E-state index in [-0.39, 0.29) is 18.0 Å². The lowest BCUT2D eigenvalue weighted by molar-refractivity contribution is -0.118. The summed E-state index contributed by atoms with van der Waals surface area (Å²) < 4.78 is 24.0. The fourth-order valence-electron chi connectivity index (χ4n) is 2.01. The third-order valence-electron chi connectivity index (χ3n) is 3.07. The van der Waals surface area contributed by atoms with Gasteiger partial charge in [-0.15, -0.1) is 0 Å². The van der Waals surface area contributed by atoms with Gasteiger partial charge >= 0.3 is 6.09 Å². The number of rotatable bonds is 5. The highest BCUT2D eigenvalue weighted by Gasteiger charge is 2.18. The SMILES string of the molecule is CC(C)(C)OC(=O)Nc1ccc(F)cc1NC(=O)COc1ccc(Cl)cc1. The Labute approximate surface area is 161 Å². The van der Waals surface area contributed by atoms with E-state index in [2.05, 4.69) is 10.6 Å². The third-order valence-corrected chi connectivity index (χ3v) is 3.33. The number of benzene rings is 2. The Balaban J connectivity index is 2.01. The lowest BCUT2D eigenvalue weighted by Gasteiger charge is -2.20. The van der Waals surface area contributed by atoms with E-state index in [1.165, 1.54) is 6.07 Å². The minimum Gasteiger partial charge on any atom is -0.484 e. The molecule has 27 heavy (non-hydrogen) atoms. The number of ether oxygens (including phenoxy) is 2. The molecule has 2 amide bonds. The largest absolute Gasteiger partial charge is 0.484 e. The molecule has 0 radical (unpaired) electrons. The molecule has 0 aliphatic heterocycles. The number of hydrogen-bond acceptors (Lipinski definition) is 4. The van der Waals surface area contributed by atoms with Crippen molar-refractivity contribution in [2.45, 2.75) is 26.4 Å². The first-order valence-corrected chi connectivity index (χ1v) is 8.48. The van der Waals surface area contributed by atoms with Crippen LogP contribution in [0.1, 0.15) is 20.8 Å². The van der Waals surface area contributed by atoms with Crippen molar-refractivity contribution in [3.8, 4) is 5.75 Å². The van der Waals surface area contributed by atoms with E-state index < -0.39 is 23.4 Å². The Morgan fingerprint density at radius 1 is 1.04 bits per heavy atom. The fraction of sp³-hybridized carbons (Fsp3) is 0.263. The second-order valence-electron chi connectivity index (χ2n) is 6.61. The molecule has 0 aliphatic carbocycles. The molecule has 0 spiro atoms. The quantitative estimate of drug-likeness (QED) is 0.760. The molecular weight excluding hydrogens is 375 g/mol. The van der Waals surface area contributed by atoms with Gasteiger partial charge in [-0.25, -0.2) is 9.18 Å². The minimum absolute atomic E-state index is 0.0885. The zero-order valence-electron chi connectivity index (χ0n) is 15.1. The molecule has 0 atom stereocenters. The highest BCUT2D eigenvalue weighted by molar-refractivity contribution is 6.30. The molecule has 0 aromatic heterocycles. The molecule has 0 bridgehead atoms. The van der Waals surface area contributed by atoms with E-state index in [0.717, 1.165) is 12.1 Å². The van der Waals surface area contributed by atoms with Crippen LogP contribution in [-0.4, -0.2) is 24.2 Å². The van der Waals surface area contributed by atoms with Crippen molar-refractivity contribution in [2.24, 2.45) is 0 Å². The lowest BCUT2D eigenvalue weighted by atomic mass is 10.2. The number of amides is 2. The first-order chi connectivity index (χ1) is 12.6. The molecule has 144 valence electrons. The van der Waals surface area contributed by atoms with Crippen molar-refractivity contribution in [2.75, 3.05) is 17.2 Å². The first kappa shape index (κ1) is 20.5. The number of halogens is 2. The van der Waals surface area contributed by atoms with Crippen molar-refractivity contribution < 1.29 is 23.5 Å². The molecule has 0 saturated heterocycles. The molecule has 0 saturated carbocycles. The Kier molecular flexibility index (Phi) is 6.63. The smallest absolute Gasteiger partial charge is 0.412 e. The van der Waals surface area contributed by atoms with Gasteiger partial charge in [0, 0.05) is 5.02 Å². The zero-order valence-corrected chi connectivity index (χ0v) is 15.9. The van der Waals surface area contributed by atoms with Crippen LogP contribution in [0.25, 0.3) is 0 Å². The molecule has 2 aromatic rings. The van der Waals surface area contributed by atoms with Crippen LogP contribution in [0.3, 0.4) is 0 Å². The summed E-state index contributed by atoms with van der Waals surface area (Å²) >= 11 is 5.78. The van der Waals surface area contributed by atoms with Crippen LogP contribution in [0.4, 0.5) is 20.6 Å². The van der Waals surface area contributed by atoms with Crippen LogP contribution in [0.15, 0.2) is 42.5 Å². The molecule has 0 unspecified atom stereocenters. The van der Waals surface area contributed by atoms with Gasteiger partial charge in [-0.2, -0.15) is 0 Å². The maximum atomic E-state index is 13.6. The summed E-state index contributed by atoms with van der Waals surface area (Å²) in [5.41, 5.74) is -0.406. The van der Waals surface area contributed by atoms with Gasteiger partial charge in [0.15, 0.2) is 6.61 Å². The van der Waals surface area contributed by atoms with Gasteiger partial charge < -0.3 is 14.8 Å². The van der Waals surface area contributed by atoms with Crippen LogP contribution in [0.2, 0.25) is 5.02 Å². The number of nitrogens with one attached hydrogen (secondary N) is 2. The van der Waals surface area contributed by atoms with Gasteiger partial charge in [0.2, 0.25) is 0 Å². The van der Waals surface area contributed by atoms with Crippen LogP contribution in [0.5, 0.6) is 5.75 Å². The van der Waals surface area contributed by atoms with Crippen molar-refractivity contribution in [3.05, 3.63) is 53.3 Å². The van der Waals surface area contributed by atoms with Crippen LogP contribution >= 0.6 is 11.6 Å². The third kappa shape index (κ3) is 7.15. The van der Waals surface area contributed by atoms with E-state index >= 15 is 0 Å². The molecule has 0 heterocycles. The van der Waals surface area contributed by atoms with Crippen molar-refractivity contribution in [3.63, 3.8) is 0 Å². The maximum absolute atomic E-state index is 13.6. The molecule has 2 rings (SSSR count). The molecule has 0 fully saturated rings. The summed E-state index contributed by atoms with van der Waals surface area (Å²) in [5.74, 6) is -0.637. The number of carbonyl (C=O) groups excluding carboxylic acids is 2. The summed E-state index contributed by atoms with van der Waals surface area (Å²) in [6.07, 6.45) is -0.720. The fourth-order valence-corrected chi connectivity index (χ4v) is 2.13. The van der Waals surface area contributed by atoms with E-state index in [9.17, 15) is 14.0 Å². The Hall–Kier alpha value is -2.80. The monoisotopic (exact) mass is 394 g/mol. The van der Waals surface area contributed by atoms with Gasteiger partial charge in [0.05, 0.1) is 11.4 Å². The lowest BCUT2D eigenvalue weighted by Crippen LogP contribution is -2.28. The van der Waals surface area contributed by atoms with Crippen molar-refractivity contribution >= 4 is 35.0 Å². The first-order valence-electron chi connectivity index (χ1n) is 8.10. The Morgan fingerprint density at radius 2 is 1.70 bits per heavy atom. The minimum atomic E-state index is -0.720. The van der Waals surface area contributed by atoms with E-state index in [1.807, 2.05) is 0 Å². The van der Waals surface area contributed by atoms with E-state index in [1.54, 1.807) is 45.0 Å². The molecule has 0 aliphatic rings. The number of carbonyl (C=O) groups is 2.